The van der Waals surface area contributed by atoms with Gasteiger partial charge in [0.05, 0.1) is 10.0 Å². The van der Waals surface area contributed by atoms with Gasteiger partial charge in [-0.15, -0.1) is 0 Å². The molecule has 4 fully saturated rings. The van der Waals surface area contributed by atoms with Crippen molar-refractivity contribution in [2.75, 3.05) is 0 Å². The van der Waals surface area contributed by atoms with Crippen LogP contribution in [0.3, 0.4) is 0 Å². The normalized spacial score (nSPS) is 31.3. The molecule has 1 heterocycles. The van der Waals surface area contributed by atoms with E-state index >= 15 is 0 Å². The maximum atomic E-state index is 13.3. The molecule has 1 amide bonds. The number of rotatable bonds is 3. The Labute approximate surface area is 168 Å². The van der Waals surface area contributed by atoms with Crippen LogP contribution in [0, 0.1) is 24.7 Å². The van der Waals surface area contributed by atoms with Gasteiger partial charge in [0, 0.05) is 11.1 Å². The zero-order chi connectivity index (χ0) is 18.8. The van der Waals surface area contributed by atoms with Crippen LogP contribution in [0.2, 0.25) is 10.0 Å². The average Bonchev–Trinajstić information content (AvgIpc) is 2.94. The summed E-state index contributed by atoms with van der Waals surface area (Å²) in [5.74, 6) is 2.65. The van der Waals surface area contributed by atoms with E-state index in [9.17, 15) is 4.79 Å². The number of aromatic nitrogens is 1. The van der Waals surface area contributed by atoms with Crippen LogP contribution >= 0.6 is 23.2 Å². The maximum Gasteiger partial charge on any atom is 0.257 e. The predicted octanol–water partition coefficient (Wildman–Crippen LogP) is 5.66. The lowest BCUT2D eigenvalue weighted by molar-refractivity contribution is -0.0167. The standard InChI is InChI=1S/C21H22Cl2N2O2/c1-11-17(19(25-27-11)18-15(22)3-2-4-16(18)23)20(26)24-21-8-12-5-13(9-21)7-14(6-12)10-21/h2-4,12-14H,5-10H2,1H3,(H,24,26). The van der Waals surface area contributed by atoms with E-state index in [2.05, 4.69) is 10.5 Å². The molecule has 6 heteroatoms. The molecule has 27 heavy (non-hydrogen) atoms. The molecule has 4 saturated carbocycles. The summed E-state index contributed by atoms with van der Waals surface area (Å²) in [5.41, 5.74) is 1.34. The van der Waals surface area contributed by atoms with Gasteiger partial charge in [-0.05, 0) is 75.3 Å². The monoisotopic (exact) mass is 404 g/mol. The molecule has 0 saturated heterocycles. The second-order valence-electron chi connectivity index (χ2n) is 8.71. The van der Waals surface area contributed by atoms with Gasteiger partial charge in [0.2, 0.25) is 0 Å². The van der Waals surface area contributed by atoms with Crippen LogP contribution in [-0.2, 0) is 0 Å². The van der Waals surface area contributed by atoms with Gasteiger partial charge in [-0.25, -0.2) is 0 Å². The van der Waals surface area contributed by atoms with Gasteiger partial charge in [0.25, 0.3) is 5.91 Å². The SMILES string of the molecule is Cc1onc(-c2c(Cl)cccc2Cl)c1C(=O)NC12CC3CC(CC(C3)C1)C2. The van der Waals surface area contributed by atoms with Gasteiger partial charge in [-0.1, -0.05) is 34.4 Å². The van der Waals surface area contributed by atoms with E-state index in [1.54, 1.807) is 25.1 Å². The largest absolute Gasteiger partial charge is 0.360 e. The van der Waals surface area contributed by atoms with E-state index in [1.807, 2.05) is 0 Å². The van der Waals surface area contributed by atoms with Crippen molar-refractivity contribution in [3.63, 3.8) is 0 Å². The topological polar surface area (TPSA) is 55.1 Å². The number of hydrogen-bond donors (Lipinski definition) is 1. The Morgan fingerprint density at radius 3 is 2.22 bits per heavy atom. The highest BCUT2D eigenvalue weighted by atomic mass is 35.5. The van der Waals surface area contributed by atoms with E-state index in [4.69, 9.17) is 27.7 Å². The van der Waals surface area contributed by atoms with Crippen molar-refractivity contribution in [3.05, 3.63) is 39.6 Å². The summed E-state index contributed by atoms with van der Waals surface area (Å²) in [7, 11) is 0. The van der Waals surface area contributed by atoms with Crippen molar-refractivity contribution in [2.24, 2.45) is 17.8 Å². The Hall–Kier alpha value is -1.52. The summed E-state index contributed by atoms with van der Waals surface area (Å²) in [6.45, 7) is 1.76. The first-order valence-corrected chi connectivity index (χ1v) is 10.4. The molecule has 4 nitrogen and oxygen atoms in total. The molecule has 0 atom stereocenters. The quantitative estimate of drug-likeness (QED) is 0.718. The maximum absolute atomic E-state index is 13.3. The molecule has 4 bridgehead atoms. The van der Waals surface area contributed by atoms with E-state index in [1.165, 1.54) is 19.3 Å². The van der Waals surface area contributed by atoms with E-state index in [-0.39, 0.29) is 11.4 Å². The highest BCUT2D eigenvalue weighted by Gasteiger charge is 2.51. The Kier molecular flexibility index (Phi) is 4.07. The fraction of sp³-hybridized carbons (Fsp3) is 0.524. The molecule has 1 N–H and O–H groups in total. The fourth-order valence-corrected chi connectivity index (χ4v) is 6.68. The molecule has 4 aliphatic rings. The number of aryl methyl sites for hydroxylation is 1. The van der Waals surface area contributed by atoms with Crippen molar-refractivity contribution in [1.82, 2.24) is 10.5 Å². The summed E-state index contributed by atoms with van der Waals surface area (Å²) >= 11 is 12.7. The molecule has 0 unspecified atom stereocenters. The van der Waals surface area contributed by atoms with Crippen molar-refractivity contribution in [2.45, 2.75) is 51.0 Å². The minimum absolute atomic E-state index is 0.0723. The Balaban J connectivity index is 1.49. The number of nitrogens with one attached hydrogen (secondary N) is 1. The lowest BCUT2D eigenvalue weighted by Gasteiger charge is -2.56. The average molecular weight is 405 g/mol. The molecule has 4 aliphatic carbocycles. The van der Waals surface area contributed by atoms with Crippen molar-refractivity contribution < 1.29 is 9.32 Å². The molecule has 1 aromatic heterocycles. The first-order valence-electron chi connectivity index (χ1n) is 9.67. The van der Waals surface area contributed by atoms with Crippen LogP contribution in [0.5, 0.6) is 0 Å². The van der Waals surface area contributed by atoms with Gasteiger partial charge in [-0.3, -0.25) is 4.79 Å². The molecule has 142 valence electrons. The van der Waals surface area contributed by atoms with Crippen LogP contribution in [0.1, 0.15) is 54.6 Å². The Morgan fingerprint density at radius 2 is 1.67 bits per heavy atom. The molecule has 1 aromatic carbocycles. The van der Waals surface area contributed by atoms with Gasteiger partial charge < -0.3 is 9.84 Å². The zero-order valence-corrected chi connectivity index (χ0v) is 16.7. The second kappa shape index (κ2) is 6.25. The smallest absolute Gasteiger partial charge is 0.257 e. The number of carbonyl (C=O) groups is 1. The summed E-state index contributed by atoms with van der Waals surface area (Å²) < 4.78 is 5.37. The molecule has 0 aliphatic heterocycles. The van der Waals surface area contributed by atoms with Crippen LogP contribution in [0.4, 0.5) is 0 Å². The number of halogens is 2. The summed E-state index contributed by atoms with van der Waals surface area (Å²) in [4.78, 5) is 13.3. The third-order valence-electron chi connectivity index (χ3n) is 6.71. The lowest BCUT2D eigenvalue weighted by Crippen LogP contribution is -2.59. The number of hydrogen-bond acceptors (Lipinski definition) is 3. The minimum atomic E-state index is -0.123. The van der Waals surface area contributed by atoms with Gasteiger partial charge in [-0.2, -0.15) is 0 Å². The van der Waals surface area contributed by atoms with Crippen LogP contribution < -0.4 is 5.32 Å². The summed E-state index contributed by atoms with van der Waals surface area (Å²) in [5, 5.41) is 8.43. The predicted molar refractivity (Wildman–Crippen MR) is 105 cm³/mol. The first-order chi connectivity index (χ1) is 12.9. The number of amides is 1. The summed E-state index contributed by atoms with van der Waals surface area (Å²) in [6, 6.07) is 5.26. The van der Waals surface area contributed by atoms with Crippen molar-refractivity contribution in [3.8, 4) is 11.3 Å². The Bertz CT molecular complexity index is 865. The van der Waals surface area contributed by atoms with E-state index < -0.39 is 0 Å². The molecule has 0 radical (unpaired) electrons. The third-order valence-corrected chi connectivity index (χ3v) is 7.34. The third kappa shape index (κ3) is 2.89. The van der Waals surface area contributed by atoms with Crippen molar-refractivity contribution >= 4 is 29.1 Å². The van der Waals surface area contributed by atoms with Gasteiger partial charge in [0.1, 0.15) is 17.0 Å². The number of carbonyl (C=O) groups excluding carboxylic acids is 1. The minimum Gasteiger partial charge on any atom is -0.360 e. The highest BCUT2D eigenvalue weighted by Crippen LogP contribution is 2.55. The van der Waals surface area contributed by atoms with Crippen LogP contribution in [0.15, 0.2) is 22.7 Å². The van der Waals surface area contributed by atoms with E-state index in [0.717, 1.165) is 37.0 Å². The molecule has 6 rings (SSSR count). The van der Waals surface area contributed by atoms with Crippen LogP contribution in [-0.4, -0.2) is 16.6 Å². The number of nitrogens with zero attached hydrogens (tertiary/aromatic N) is 1. The van der Waals surface area contributed by atoms with Gasteiger partial charge in [0.15, 0.2) is 0 Å². The second-order valence-corrected chi connectivity index (χ2v) is 9.53. The molecular weight excluding hydrogens is 383 g/mol. The first kappa shape index (κ1) is 17.6. The molecular formula is C21H22Cl2N2O2. The van der Waals surface area contributed by atoms with Gasteiger partial charge >= 0.3 is 0 Å². The Morgan fingerprint density at radius 1 is 1.11 bits per heavy atom. The lowest BCUT2D eigenvalue weighted by atomic mass is 9.53. The summed E-state index contributed by atoms with van der Waals surface area (Å²) in [6.07, 6.45) is 7.29. The number of benzene rings is 1. The van der Waals surface area contributed by atoms with Crippen LogP contribution in [0.25, 0.3) is 11.3 Å². The highest BCUT2D eigenvalue weighted by molar-refractivity contribution is 6.39. The molecule has 0 spiro atoms. The zero-order valence-electron chi connectivity index (χ0n) is 15.2. The fourth-order valence-electron chi connectivity index (χ4n) is 6.10. The van der Waals surface area contributed by atoms with E-state index in [0.29, 0.717) is 32.6 Å². The van der Waals surface area contributed by atoms with Crippen molar-refractivity contribution in [1.29, 1.82) is 0 Å². The molecule has 2 aromatic rings.